The number of halogens is 1. The number of hydrogen-bond acceptors (Lipinski definition) is 3. The van der Waals surface area contributed by atoms with Crippen molar-refractivity contribution in [2.75, 3.05) is 26.2 Å². The molecule has 4 heteroatoms. The average Bonchev–Trinajstić information content (AvgIpc) is 2.58. The van der Waals surface area contributed by atoms with Crippen LogP contribution in [-0.2, 0) is 13.1 Å². The van der Waals surface area contributed by atoms with Crippen LogP contribution >= 0.6 is 0 Å². The summed E-state index contributed by atoms with van der Waals surface area (Å²) < 4.78 is 13.4. The number of aliphatic hydroxyl groups excluding tert-OH is 1. The van der Waals surface area contributed by atoms with Crippen LogP contribution in [0.4, 0.5) is 4.39 Å². The molecule has 0 saturated carbocycles. The molecule has 0 radical (unpaired) electrons. The van der Waals surface area contributed by atoms with Crippen molar-refractivity contribution in [3.8, 4) is 0 Å². The summed E-state index contributed by atoms with van der Waals surface area (Å²) >= 11 is 0. The van der Waals surface area contributed by atoms with Crippen molar-refractivity contribution in [1.82, 2.24) is 9.80 Å². The third kappa shape index (κ3) is 4.63. The molecule has 0 spiro atoms. The van der Waals surface area contributed by atoms with Crippen LogP contribution in [0.1, 0.15) is 17.5 Å². The summed E-state index contributed by atoms with van der Waals surface area (Å²) in [5, 5.41) is 9.42. The predicted octanol–water partition coefficient (Wildman–Crippen LogP) is 2.89. The molecule has 0 bridgehead atoms. The second kappa shape index (κ2) is 8.38. The van der Waals surface area contributed by atoms with Crippen LogP contribution in [0.15, 0.2) is 54.6 Å². The Kier molecular flexibility index (Phi) is 5.96. The van der Waals surface area contributed by atoms with Gasteiger partial charge in [-0.25, -0.2) is 4.39 Å². The maximum absolute atomic E-state index is 13.4. The lowest BCUT2D eigenvalue weighted by atomic mass is 10.1. The van der Waals surface area contributed by atoms with E-state index >= 15 is 0 Å². The highest BCUT2D eigenvalue weighted by atomic mass is 19.1. The van der Waals surface area contributed by atoms with Crippen LogP contribution in [0.5, 0.6) is 0 Å². The Morgan fingerprint density at radius 2 is 1.75 bits per heavy atom. The van der Waals surface area contributed by atoms with Crippen LogP contribution in [0.25, 0.3) is 0 Å². The Morgan fingerprint density at radius 1 is 0.958 bits per heavy atom. The summed E-state index contributed by atoms with van der Waals surface area (Å²) in [5.74, 6) is -0.179. The number of piperazine rings is 1. The minimum Gasteiger partial charge on any atom is -0.396 e. The van der Waals surface area contributed by atoms with Crippen molar-refractivity contribution in [2.24, 2.45) is 0 Å². The van der Waals surface area contributed by atoms with Gasteiger partial charge in [0.2, 0.25) is 0 Å². The van der Waals surface area contributed by atoms with Crippen molar-refractivity contribution in [3.63, 3.8) is 0 Å². The molecule has 1 saturated heterocycles. The van der Waals surface area contributed by atoms with Crippen LogP contribution in [-0.4, -0.2) is 47.2 Å². The summed E-state index contributed by atoms with van der Waals surface area (Å²) in [6.07, 6.45) is 0.770. The summed E-state index contributed by atoms with van der Waals surface area (Å²) in [7, 11) is 0. The predicted molar refractivity (Wildman–Crippen MR) is 94.0 cm³/mol. The monoisotopic (exact) mass is 328 g/mol. The van der Waals surface area contributed by atoms with E-state index in [0.717, 1.165) is 44.7 Å². The van der Waals surface area contributed by atoms with Gasteiger partial charge < -0.3 is 5.11 Å². The van der Waals surface area contributed by atoms with E-state index in [9.17, 15) is 9.50 Å². The lowest BCUT2D eigenvalue weighted by Crippen LogP contribution is -2.52. The normalized spacial score (nSPS) is 19.5. The largest absolute Gasteiger partial charge is 0.396 e. The molecule has 3 rings (SSSR count). The minimum absolute atomic E-state index is 0.179. The molecule has 1 atom stereocenters. The molecule has 0 aromatic heterocycles. The molecule has 128 valence electrons. The van der Waals surface area contributed by atoms with Crippen LogP contribution < -0.4 is 0 Å². The summed E-state index contributed by atoms with van der Waals surface area (Å²) in [6.45, 7) is 4.71. The lowest BCUT2D eigenvalue weighted by Gasteiger charge is -2.41. The highest BCUT2D eigenvalue weighted by Crippen LogP contribution is 2.18. The van der Waals surface area contributed by atoms with Gasteiger partial charge in [0, 0.05) is 45.4 Å². The van der Waals surface area contributed by atoms with Gasteiger partial charge in [-0.2, -0.15) is 0 Å². The molecule has 1 heterocycles. The van der Waals surface area contributed by atoms with E-state index in [-0.39, 0.29) is 12.4 Å². The molecule has 0 aliphatic carbocycles. The molecule has 1 fully saturated rings. The zero-order valence-electron chi connectivity index (χ0n) is 13.9. The van der Waals surface area contributed by atoms with Crippen molar-refractivity contribution in [2.45, 2.75) is 25.6 Å². The van der Waals surface area contributed by atoms with E-state index in [4.69, 9.17) is 0 Å². The highest BCUT2D eigenvalue weighted by molar-refractivity contribution is 5.17. The second-order valence-electron chi connectivity index (χ2n) is 6.49. The molecule has 2 aromatic carbocycles. The third-order valence-corrected chi connectivity index (χ3v) is 4.67. The van der Waals surface area contributed by atoms with Gasteiger partial charge in [-0.1, -0.05) is 42.5 Å². The average molecular weight is 328 g/mol. The van der Waals surface area contributed by atoms with E-state index in [1.54, 1.807) is 12.1 Å². The fourth-order valence-electron chi connectivity index (χ4n) is 3.44. The first-order chi connectivity index (χ1) is 11.7. The molecular weight excluding hydrogens is 303 g/mol. The molecule has 1 aliphatic heterocycles. The minimum atomic E-state index is -0.179. The Hall–Kier alpha value is -1.75. The van der Waals surface area contributed by atoms with Gasteiger partial charge in [0.1, 0.15) is 5.82 Å². The molecule has 24 heavy (non-hydrogen) atoms. The van der Waals surface area contributed by atoms with Gasteiger partial charge >= 0.3 is 0 Å². The molecule has 1 N–H and O–H groups in total. The van der Waals surface area contributed by atoms with Crippen molar-refractivity contribution < 1.29 is 9.50 Å². The summed E-state index contributed by atoms with van der Waals surface area (Å²) in [6, 6.07) is 17.6. The topological polar surface area (TPSA) is 26.7 Å². The maximum Gasteiger partial charge on any atom is 0.123 e. The fraction of sp³-hybridized carbons (Fsp3) is 0.400. The van der Waals surface area contributed by atoms with Gasteiger partial charge in [0.15, 0.2) is 0 Å². The van der Waals surface area contributed by atoms with Crippen LogP contribution in [0.2, 0.25) is 0 Å². The SMILES string of the molecule is OCC[C@H]1CN(Cc2cccc(F)c2)CCN1Cc1ccccc1. The van der Waals surface area contributed by atoms with E-state index in [2.05, 4.69) is 34.1 Å². The van der Waals surface area contributed by atoms with Gasteiger partial charge in [-0.05, 0) is 29.7 Å². The molecule has 2 aromatic rings. The van der Waals surface area contributed by atoms with Crippen LogP contribution in [0, 0.1) is 5.82 Å². The number of hydrogen-bond donors (Lipinski definition) is 1. The van der Waals surface area contributed by atoms with E-state index in [1.165, 1.54) is 11.6 Å². The second-order valence-corrected chi connectivity index (χ2v) is 6.49. The first-order valence-corrected chi connectivity index (χ1v) is 8.60. The molecule has 3 nitrogen and oxygen atoms in total. The highest BCUT2D eigenvalue weighted by Gasteiger charge is 2.26. The molecule has 0 amide bonds. The van der Waals surface area contributed by atoms with Crippen molar-refractivity contribution in [1.29, 1.82) is 0 Å². The smallest absolute Gasteiger partial charge is 0.123 e. The van der Waals surface area contributed by atoms with Gasteiger partial charge in [0.05, 0.1) is 0 Å². The summed E-state index contributed by atoms with van der Waals surface area (Å²) in [4.78, 5) is 4.81. The van der Waals surface area contributed by atoms with Gasteiger partial charge in [0.25, 0.3) is 0 Å². The Bertz CT molecular complexity index is 635. The number of rotatable bonds is 6. The van der Waals surface area contributed by atoms with E-state index in [1.807, 2.05) is 12.1 Å². The lowest BCUT2D eigenvalue weighted by molar-refractivity contribution is 0.0499. The first kappa shape index (κ1) is 17.1. The van der Waals surface area contributed by atoms with Crippen molar-refractivity contribution in [3.05, 3.63) is 71.5 Å². The number of aliphatic hydroxyl groups is 1. The Morgan fingerprint density at radius 3 is 2.50 bits per heavy atom. The molecule has 0 unspecified atom stereocenters. The van der Waals surface area contributed by atoms with Crippen LogP contribution in [0.3, 0.4) is 0 Å². The quantitative estimate of drug-likeness (QED) is 0.883. The van der Waals surface area contributed by atoms with E-state index < -0.39 is 0 Å². The van der Waals surface area contributed by atoms with Gasteiger partial charge in [-0.15, -0.1) is 0 Å². The van der Waals surface area contributed by atoms with E-state index in [0.29, 0.717) is 6.04 Å². The first-order valence-electron chi connectivity index (χ1n) is 8.60. The van der Waals surface area contributed by atoms with Gasteiger partial charge in [-0.3, -0.25) is 9.80 Å². The summed E-state index contributed by atoms with van der Waals surface area (Å²) in [5.41, 5.74) is 2.31. The maximum atomic E-state index is 13.4. The van der Waals surface area contributed by atoms with Crippen molar-refractivity contribution >= 4 is 0 Å². The zero-order chi connectivity index (χ0) is 16.8. The third-order valence-electron chi connectivity index (χ3n) is 4.67. The Labute approximate surface area is 143 Å². The number of benzene rings is 2. The molecular formula is C20H25FN2O. The Balaban J connectivity index is 1.62. The fourth-order valence-corrected chi connectivity index (χ4v) is 3.44. The number of nitrogens with zero attached hydrogens (tertiary/aromatic N) is 2. The standard InChI is InChI=1S/C20H25FN2O/c21-19-8-4-7-18(13-19)14-22-10-11-23(20(16-22)9-12-24)15-17-5-2-1-3-6-17/h1-8,13,20,24H,9-12,14-16H2/t20-/m0/s1. The molecule has 1 aliphatic rings. The zero-order valence-corrected chi connectivity index (χ0v) is 13.9.